The number of likely N-dealkylation sites (N-methyl/N-ethyl adjacent to an activating group) is 1. The fourth-order valence-electron chi connectivity index (χ4n) is 2.66. The summed E-state index contributed by atoms with van der Waals surface area (Å²) in [4.78, 5) is 2.44. The highest BCUT2D eigenvalue weighted by molar-refractivity contribution is 4.97. The molecular formula is C12H25N3. The molecular weight excluding hydrogens is 186 g/mol. The molecule has 0 aromatic heterocycles. The van der Waals surface area contributed by atoms with E-state index < -0.39 is 0 Å². The average molecular weight is 211 g/mol. The van der Waals surface area contributed by atoms with Gasteiger partial charge in [-0.25, -0.2) is 0 Å². The molecule has 1 saturated carbocycles. The summed E-state index contributed by atoms with van der Waals surface area (Å²) in [5.41, 5.74) is 0.602. The van der Waals surface area contributed by atoms with Crippen molar-refractivity contribution in [2.45, 2.75) is 31.7 Å². The average Bonchev–Trinajstić information content (AvgIpc) is 2.97. The minimum absolute atomic E-state index is 0.602. The zero-order valence-electron chi connectivity index (χ0n) is 10.2. The Bertz CT molecular complexity index is 201. The first kappa shape index (κ1) is 11.4. The molecule has 2 rings (SSSR count). The van der Waals surface area contributed by atoms with Crippen molar-refractivity contribution < 1.29 is 0 Å². The molecule has 2 N–H and O–H groups in total. The molecule has 88 valence electrons. The molecule has 1 heterocycles. The molecule has 15 heavy (non-hydrogen) atoms. The van der Waals surface area contributed by atoms with Crippen LogP contribution >= 0.6 is 0 Å². The van der Waals surface area contributed by atoms with Crippen LogP contribution in [0.4, 0.5) is 0 Å². The Hall–Kier alpha value is -0.120. The number of hydrogen-bond donors (Lipinski definition) is 2. The van der Waals surface area contributed by atoms with Crippen LogP contribution in [-0.4, -0.2) is 51.2 Å². The summed E-state index contributed by atoms with van der Waals surface area (Å²) in [6.45, 7) is 4.91. The van der Waals surface area contributed by atoms with E-state index in [1.807, 2.05) is 0 Å². The van der Waals surface area contributed by atoms with Crippen LogP contribution in [0.3, 0.4) is 0 Å². The zero-order valence-corrected chi connectivity index (χ0v) is 10.2. The lowest BCUT2D eigenvalue weighted by Gasteiger charge is -2.31. The van der Waals surface area contributed by atoms with Gasteiger partial charge in [0.1, 0.15) is 0 Å². The molecule has 0 bridgehead atoms. The Balaban J connectivity index is 1.68. The van der Waals surface area contributed by atoms with Crippen molar-refractivity contribution >= 4 is 0 Å². The third-order valence-corrected chi connectivity index (χ3v) is 3.90. The Morgan fingerprint density at radius 2 is 2.13 bits per heavy atom. The maximum Gasteiger partial charge on any atom is 0.0195 e. The molecule has 1 atom stereocenters. The van der Waals surface area contributed by atoms with Crippen LogP contribution in [-0.2, 0) is 0 Å². The highest BCUT2D eigenvalue weighted by atomic mass is 15.1. The van der Waals surface area contributed by atoms with Crippen LogP contribution < -0.4 is 10.6 Å². The van der Waals surface area contributed by atoms with Gasteiger partial charge in [0.2, 0.25) is 0 Å². The molecule has 0 amide bonds. The minimum Gasteiger partial charge on any atom is -0.319 e. The lowest BCUT2D eigenvalue weighted by Crippen LogP contribution is -2.46. The number of hydrogen-bond acceptors (Lipinski definition) is 3. The molecule has 1 saturated heterocycles. The van der Waals surface area contributed by atoms with E-state index in [1.165, 1.54) is 51.9 Å². The maximum atomic E-state index is 3.76. The monoisotopic (exact) mass is 211 g/mol. The smallest absolute Gasteiger partial charge is 0.0195 e. The summed E-state index contributed by atoms with van der Waals surface area (Å²) in [5, 5.41) is 7.07. The molecule has 0 spiro atoms. The van der Waals surface area contributed by atoms with Crippen LogP contribution in [0.1, 0.15) is 25.7 Å². The lowest BCUT2D eigenvalue weighted by atomic mass is 10.0. The molecule has 0 aromatic rings. The fraction of sp³-hybridized carbons (Fsp3) is 1.00. The first-order valence-corrected chi connectivity index (χ1v) is 6.31. The Morgan fingerprint density at radius 3 is 2.73 bits per heavy atom. The third-order valence-electron chi connectivity index (χ3n) is 3.90. The van der Waals surface area contributed by atoms with Crippen LogP contribution in [0.2, 0.25) is 0 Å². The zero-order chi connectivity index (χ0) is 10.7. The quantitative estimate of drug-likeness (QED) is 0.700. The van der Waals surface area contributed by atoms with Gasteiger partial charge in [0, 0.05) is 25.7 Å². The number of likely N-dealkylation sites (tertiary alicyclic amines) is 1. The van der Waals surface area contributed by atoms with Gasteiger partial charge in [-0.1, -0.05) is 0 Å². The predicted molar refractivity (Wildman–Crippen MR) is 64.1 cm³/mol. The van der Waals surface area contributed by atoms with Gasteiger partial charge in [-0.2, -0.15) is 0 Å². The summed E-state index contributed by atoms with van der Waals surface area (Å²) in [5.74, 6) is 0. The molecule has 2 aliphatic rings. The number of nitrogens with zero attached hydrogens (tertiary/aromatic N) is 1. The van der Waals surface area contributed by atoms with Crippen LogP contribution in [0.15, 0.2) is 0 Å². The van der Waals surface area contributed by atoms with Crippen LogP contribution in [0, 0.1) is 5.41 Å². The third kappa shape index (κ3) is 3.16. The minimum atomic E-state index is 0.602. The van der Waals surface area contributed by atoms with E-state index in [0.717, 1.165) is 6.04 Å². The highest BCUT2D eigenvalue weighted by Crippen LogP contribution is 2.44. The van der Waals surface area contributed by atoms with Crippen molar-refractivity contribution in [2.75, 3.05) is 40.3 Å². The molecule has 0 aromatic carbocycles. The molecule has 0 radical (unpaired) electrons. The molecule has 1 aliphatic heterocycles. The fourth-order valence-corrected chi connectivity index (χ4v) is 2.66. The first-order chi connectivity index (χ1) is 7.24. The molecule has 2 fully saturated rings. The number of rotatable bonds is 5. The standard InChI is InChI=1S/C12H25N3/c1-13-9-12(5-6-12)10-14-11-4-3-7-15(2)8-11/h11,13-14H,3-10H2,1-2H3. The largest absolute Gasteiger partial charge is 0.319 e. The summed E-state index contributed by atoms with van der Waals surface area (Å²) in [6.07, 6.45) is 5.53. The Kier molecular flexibility index (Phi) is 3.65. The Morgan fingerprint density at radius 1 is 1.33 bits per heavy atom. The topological polar surface area (TPSA) is 27.3 Å². The molecule has 1 unspecified atom stereocenters. The van der Waals surface area contributed by atoms with E-state index in [9.17, 15) is 0 Å². The van der Waals surface area contributed by atoms with E-state index in [2.05, 4.69) is 29.6 Å². The van der Waals surface area contributed by atoms with Crippen molar-refractivity contribution in [2.24, 2.45) is 5.41 Å². The number of nitrogens with one attached hydrogen (secondary N) is 2. The normalized spacial score (nSPS) is 30.4. The summed E-state index contributed by atoms with van der Waals surface area (Å²) >= 11 is 0. The van der Waals surface area contributed by atoms with Crippen LogP contribution in [0.25, 0.3) is 0 Å². The summed E-state index contributed by atoms with van der Waals surface area (Å²) in [7, 11) is 4.29. The predicted octanol–water partition coefficient (Wildman–Crippen LogP) is 0.670. The molecule has 3 nitrogen and oxygen atoms in total. The van der Waals surface area contributed by atoms with E-state index in [1.54, 1.807) is 0 Å². The van der Waals surface area contributed by atoms with Gasteiger partial charge in [-0.15, -0.1) is 0 Å². The van der Waals surface area contributed by atoms with E-state index in [0.29, 0.717) is 5.41 Å². The second-order valence-electron chi connectivity index (χ2n) is 5.51. The van der Waals surface area contributed by atoms with Gasteiger partial charge in [-0.3, -0.25) is 0 Å². The van der Waals surface area contributed by atoms with Crippen molar-refractivity contribution in [1.82, 2.24) is 15.5 Å². The molecule has 3 heteroatoms. The van der Waals surface area contributed by atoms with Gasteiger partial charge in [0.05, 0.1) is 0 Å². The van der Waals surface area contributed by atoms with Crippen LogP contribution in [0.5, 0.6) is 0 Å². The number of piperidine rings is 1. The maximum absolute atomic E-state index is 3.76. The van der Waals surface area contributed by atoms with Crippen molar-refractivity contribution in [3.05, 3.63) is 0 Å². The van der Waals surface area contributed by atoms with Gasteiger partial charge < -0.3 is 15.5 Å². The van der Waals surface area contributed by atoms with Gasteiger partial charge >= 0.3 is 0 Å². The van der Waals surface area contributed by atoms with Gasteiger partial charge in [0.25, 0.3) is 0 Å². The second-order valence-corrected chi connectivity index (χ2v) is 5.51. The van der Waals surface area contributed by atoms with E-state index >= 15 is 0 Å². The molecule has 1 aliphatic carbocycles. The Labute approximate surface area is 93.6 Å². The second kappa shape index (κ2) is 4.81. The van der Waals surface area contributed by atoms with Crippen molar-refractivity contribution in [1.29, 1.82) is 0 Å². The van der Waals surface area contributed by atoms with Crippen molar-refractivity contribution in [3.63, 3.8) is 0 Å². The van der Waals surface area contributed by atoms with Gasteiger partial charge in [0.15, 0.2) is 0 Å². The van der Waals surface area contributed by atoms with Gasteiger partial charge in [-0.05, 0) is 51.7 Å². The van der Waals surface area contributed by atoms with Crippen molar-refractivity contribution in [3.8, 4) is 0 Å². The SMILES string of the molecule is CNCC1(CNC2CCCN(C)C2)CC1. The van der Waals surface area contributed by atoms with E-state index in [4.69, 9.17) is 0 Å². The summed E-state index contributed by atoms with van der Waals surface area (Å²) in [6, 6.07) is 0.734. The lowest BCUT2D eigenvalue weighted by molar-refractivity contribution is 0.219. The first-order valence-electron chi connectivity index (χ1n) is 6.31. The highest BCUT2D eigenvalue weighted by Gasteiger charge is 2.41. The summed E-state index contributed by atoms with van der Waals surface area (Å²) < 4.78 is 0. The van der Waals surface area contributed by atoms with E-state index in [-0.39, 0.29) is 0 Å².